The fourth-order valence-electron chi connectivity index (χ4n) is 2.42. The number of carbonyl (C=O) groups is 1. The van der Waals surface area contributed by atoms with Crippen molar-refractivity contribution in [3.05, 3.63) is 60.2 Å². The van der Waals surface area contributed by atoms with Crippen molar-refractivity contribution in [2.75, 3.05) is 6.54 Å². The molecule has 1 atom stereocenters. The maximum absolute atomic E-state index is 12.2. The second-order valence-electron chi connectivity index (χ2n) is 5.59. The second-order valence-corrected chi connectivity index (χ2v) is 5.59. The van der Waals surface area contributed by atoms with Crippen molar-refractivity contribution in [2.45, 2.75) is 18.9 Å². The highest BCUT2D eigenvalue weighted by atomic mass is 16.5. The van der Waals surface area contributed by atoms with E-state index in [1.807, 2.05) is 30.3 Å². The molecular formula is C18H20N2O2. The summed E-state index contributed by atoms with van der Waals surface area (Å²) in [6.45, 7) is 0.492. The van der Waals surface area contributed by atoms with Gasteiger partial charge in [0, 0.05) is 18.2 Å². The van der Waals surface area contributed by atoms with Gasteiger partial charge in [-0.05, 0) is 55.2 Å². The zero-order chi connectivity index (χ0) is 15.4. The van der Waals surface area contributed by atoms with Crippen LogP contribution in [0.5, 0.6) is 11.5 Å². The van der Waals surface area contributed by atoms with Crippen LogP contribution in [0.3, 0.4) is 0 Å². The van der Waals surface area contributed by atoms with Gasteiger partial charge >= 0.3 is 0 Å². The maximum atomic E-state index is 12.2. The summed E-state index contributed by atoms with van der Waals surface area (Å²) in [5, 5.41) is 3.01. The van der Waals surface area contributed by atoms with Gasteiger partial charge in [-0.3, -0.25) is 4.79 Å². The van der Waals surface area contributed by atoms with Crippen LogP contribution >= 0.6 is 0 Å². The largest absolute Gasteiger partial charge is 0.457 e. The molecule has 0 saturated heterocycles. The van der Waals surface area contributed by atoms with E-state index in [0.29, 0.717) is 23.8 Å². The Bertz CT molecular complexity index is 621. The lowest BCUT2D eigenvalue weighted by molar-refractivity contribution is 0.0933. The molecule has 1 saturated carbocycles. The third-order valence-corrected chi connectivity index (χ3v) is 3.86. The quantitative estimate of drug-likeness (QED) is 0.861. The molecule has 1 fully saturated rings. The number of hydrogen-bond donors (Lipinski definition) is 2. The minimum atomic E-state index is -0.0754. The number of para-hydroxylation sites is 1. The summed E-state index contributed by atoms with van der Waals surface area (Å²) in [4.78, 5) is 12.2. The summed E-state index contributed by atoms with van der Waals surface area (Å²) >= 11 is 0. The lowest BCUT2D eigenvalue weighted by Gasteiger charge is -2.16. The molecule has 0 aliphatic heterocycles. The van der Waals surface area contributed by atoms with E-state index in [4.69, 9.17) is 10.5 Å². The van der Waals surface area contributed by atoms with Gasteiger partial charge in [0.2, 0.25) is 0 Å². The zero-order valence-corrected chi connectivity index (χ0v) is 12.4. The van der Waals surface area contributed by atoms with E-state index in [-0.39, 0.29) is 11.9 Å². The first kappa shape index (κ1) is 14.6. The zero-order valence-electron chi connectivity index (χ0n) is 12.4. The Morgan fingerprint density at radius 3 is 2.32 bits per heavy atom. The van der Waals surface area contributed by atoms with Crippen LogP contribution in [-0.2, 0) is 0 Å². The first-order valence-electron chi connectivity index (χ1n) is 7.60. The third-order valence-electron chi connectivity index (χ3n) is 3.86. The van der Waals surface area contributed by atoms with Crippen molar-refractivity contribution in [2.24, 2.45) is 11.7 Å². The van der Waals surface area contributed by atoms with Gasteiger partial charge in [0.05, 0.1) is 0 Å². The summed E-state index contributed by atoms with van der Waals surface area (Å²) in [5.74, 6) is 1.96. The highest BCUT2D eigenvalue weighted by Gasteiger charge is 2.31. The third kappa shape index (κ3) is 3.65. The molecule has 0 aromatic heterocycles. The number of nitrogens with two attached hydrogens (primary N) is 1. The van der Waals surface area contributed by atoms with Crippen LogP contribution in [0.15, 0.2) is 54.6 Å². The molecule has 4 heteroatoms. The van der Waals surface area contributed by atoms with E-state index >= 15 is 0 Å². The van der Waals surface area contributed by atoms with E-state index in [9.17, 15) is 4.79 Å². The minimum Gasteiger partial charge on any atom is -0.457 e. The van der Waals surface area contributed by atoms with Crippen LogP contribution in [0.1, 0.15) is 23.2 Å². The van der Waals surface area contributed by atoms with Crippen LogP contribution in [0.25, 0.3) is 0 Å². The van der Waals surface area contributed by atoms with Crippen LogP contribution in [-0.4, -0.2) is 18.5 Å². The topological polar surface area (TPSA) is 64.3 Å². The lowest BCUT2D eigenvalue weighted by atomic mass is 10.1. The Hall–Kier alpha value is -2.33. The number of ether oxygens (including phenoxy) is 1. The van der Waals surface area contributed by atoms with Crippen LogP contribution in [0.2, 0.25) is 0 Å². The van der Waals surface area contributed by atoms with Gasteiger partial charge in [-0.25, -0.2) is 0 Å². The Morgan fingerprint density at radius 2 is 1.73 bits per heavy atom. The molecule has 0 heterocycles. The van der Waals surface area contributed by atoms with E-state index in [1.54, 1.807) is 24.3 Å². The normalized spacial score (nSPS) is 15.1. The summed E-state index contributed by atoms with van der Waals surface area (Å²) in [6.07, 6.45) is 2.32. The predicted octanol–water partition coefficient (Wildman–Crippen LogP) is 2.95. The summed E-state index contributed by atoms with van der Waals surface area (Å²) in [5.41, 5.74) is 6.34. The molecule has 0 radical (unpaired) electrons. The molecule has 2 aromatic carbocycles. The molecule has 1 aliphatic rings. The molecule has 0 bridgehead atoms. The molecule has 1 aliphatic carbocycles. The van der Waals surface area contributed by atoms with Gasteiger partial charge in [0.25, 0.3) is 5.91 Å². The summed E-state index contributed by atoms with van der Waals surface area (Å²) in [7, 11) is 0. The van der Waals surface area contributed by atoms with E-state index in [0.717, 1.165) is 18.6 Å². The fourth-order valence-corrected chi connectivity index (χ4v) is 2.42. The van der Waals surface area contributed by atoms with E-state index in [2.05, 4.69) is 5.32 Å². The number of amides is 1. The highest BCUT2D eigenvalue weighted by molar-refractivity contribution is 5.94. The summed E-state index contributed by atoms with van der Waals surface area (Å²) < 4.78 is 5.71. The van der Waals surface area contributed by atoms with Gasteiger partial charge in [-0.2, -0.15) is 0 Å². The van der Waals surface area contributed by atoms with Gasteiger partial charge in [-0.15, -0.1) is 0 Å². The van der Waals surface area contributed by atoms with Crippen molar-refractivity contribution in [3.8, 4) is 11.5 Å². The van der Waals surface area contributed by atoms with E-state index in [1.165, 1.54) is 0 Å². The molecule has 3 N–H and O–H groups in total. The van der Waals surface area contributed by atoms with Crippen LogP contribution in [0.4, 0.5) is 0 Å². The Balaban J connectivity index is 1.62. The second kappa shape index (κ2) is 6.62. The molecule has 1 amide bonds. The Kier molecular flexibility index (Phi) is 4.39. The van der Waals surface area contributed by atoms with Crippen molar-refractivity contribution < 1.29 is 9.53 Å². The number of rotatable bonds is 6. The van der Waals surface area contributed by atoms with Crippen molar-refractivity contribution in [1.82, 2.24) is 5.32 Å². The minimum absolute atomic E-state index is 0.0754. The first-order valence-corrected chi connectivity index (χ1v) is 7.60. The number of nitrogens with one attached hydrogen (secondary N) is 1. The molecule has 4 nitrogen and oxygen atoms in total. The van der Waals surface area contributed by atoms with Crippen molar-refractivity contribution in [3.63, 3.8) is 0 Å². The lowest BCUT2D eigenvalue weighted by Crippen LogP contribution is -2.41. The predicted molar refractivity (Wildman–Crippen MR) is 86.0 cm³/mol. The molecular weight excluding hydrogens is 276 g/mol. The number of carbonyl (C=O) groups excluding carboxylic acids is 1. The Labute approximate surface area is 130 Å². The molecule has 1 unspecified atom stereocenters. The Morgan fingerprint density at radius 1 is 1.09 bits per heavy atom. The standard InChI is InChI=1S/C18H20N2O2/c19-12-17(13-6-7-13)20-18(21)14-8-10-16(11-9-14)22-15-4-2-1-3-5-15/h1-5,8-11,13,17H,6-7,12,19H2,(H,20,21). The van der Waals surface area contributed by atoms with Gasteiger partial charge < -0.3 is 15.8 Å². The molecule has 114 valence electrons. The van der Waals surface area contributed by atoms with Gasteiger partial charge in [0.1, 0.15) is 11.5 Å². The molecule has 3 rings (SSSR count). The smallest absolute Gasteiger partial charge is 0.251 e. The molecule has 0 spiro atoms. The van der Waals surface area contributed by atoms with Gasteiger partial charge in [0.15, 0.2) is 0 Å². The van der Waals surface area contributed by atoms with Gasteiger partial charge in [-0.1, -0.05) is 18.2 Å². The van der Waals surface area contributed by atoms with Crippen LogP contribution < -0.4 is 15.8 Å². The summed E-state index contributed by atoms with van der Waals surface area (Å²) in [6, 6.07) is 16.8. The molecule has 2 aromatic rings. The number of hydrogen-bond acceptors (Lipinski definition) is 3. The van der Waals surface area contributed by atoms with Crippen LogP contribution in [0, 0.1) is 5.92 Å². The van der Waals surface area contributed by atoms with Crippen molar-refractivity contribution in [1.29, 1.82) is 0 Å². The number of benzene rings is 2. The highest BCUT2D eigenvalue weighted by Crippen LogP contribution is 2.32. The van der Waals surface area contributed by atoms with Crippen molar-refractivity contribution >= 4 is 5.91 Å². The average Bonchev–Trinajstić information content (AvgIpc) is 3.39. The average molecular weight is 296 g/mol. The first-order chi connectivity index (χ1) is 10.8. The maximum Gasteiger partial charge on any atom is 0.251 e. The molecule has 22 heavy (non-hydrogen) atoms. The monoisotopic (exact) mass is 296 g/mol. The van der Waals surface area contributed by atoms with E-state index < -0.39 is 0 Å². The fraction of sp³-hybridized carbons (Fsp3) is 0.278. The SMILES string of the molecule is NCC(NC(=O)c1ccc(Oc2ccccc2)cc1)C1CC1.